The number of nitrogens with one attached hydrogen (secondary N) is 1. The van der Waals surface area contributed by atoms with Crippen molar-refractivity contribution in [3.05, 3.63) is 65.7 Å². The molecule has 2 rings (SSSR count). The van der Waals surface area contributed by atoms with Gasteiger partial charge >= 0.3 is 0 Å². The van der Waals surface area contributed by atoms with Gasteiger partial charge in [0, 0.05) is 12.1 Å². The van der Waals surface area contributed by atoms with Crippen molar-refractivity contribution in [2.75, 3.05) is 0 Å². The topological polar surface area (TPSA) is 64.4 Å². The largest absolute Gasteiger partial charge is 0.489 e. The van der Waals surface area contributed by atoms with Crippen LogP contribution in [0.2, 0.25) is 0 Å². The highest BCUT2D eigenvalue weighted by Crippen LogP contribution is 2.19. The third-order valence-corrected chi connectivity index (χ3v) is 3.44. The number of benzene rings is 2. The van der Waals surface area contributed by atoms with Crippen LogP contribution in [0, 0.1) is 0 Å². The number of carbonyl (C=O) groups excluding carboxylic acids is 1. The lowest BCUT2D eigenvalue weighted by atomic mass is 10.1. The lowest BCUT2D eigenvalue weighted by Gasteiger charge is -2.14. The summed E-state index contributed by atoms with van der Waals surface area (Å²) in [6.45, 7) is 2.80. The van der Waals surface area contributed by atoms with E-state index in [1.807, 2.05) is 61.5 Å². The first-order valence-corrected chi connectivity index (χ1v) is 7.48. The Kier molecular flexibility index (Phi) is 5.98. The van der Waals surface area contributed by atoms with E-state index < -0.39 is 6.04 Å². The molecule has 0 saturated heterocycles. The smallest absolute Gasteiger partial charge is 0.237 e. The predicted octanol–water partition coefficient (Wildman–Crippen LogP) is 2.62. The number of hydrogen-bond acceptors (Lipinski definition) is 3. The average molecular weight is 298 g/mol. The van der Waals surface area contributed by atoms with Crippen molar-refractivity contribution in [1.29, 1.82) is 0 Å². The van der Waals surface area contributed by atoms with Crippen LogP contribution in [0.25, 0.3) is 0 Å². The van der Waals surface area contributed by atoms with Gasteiger partial charge in [0.25, 0.3) is 0 Å². The van der Waals surface area contributed by atoms with Crippen molar-refractivity contribution < 1.29 is 9.53 Å². The fourth-order valence-corrected chi connectivity index (χ4v) is 2.02. The lowest BCUT2D eigenvalue weighted by Crippen LogP contribution is -2.39. The fraction of sp³-hybridized carbons (Fsp3) is 0.278. The molecule has 22 heavy (non-hydrogen) atoms. The lowest BCUT2D eigenvalue weighted by molar-refractivity contribution is -0.122. The summed E-state index contributed by atoms with van der Waals surface area (Å²) in [5.41, 5.74) is 7.76. The summed E-state index contributed by atoms with van der Waals surface area (Å²) in [7, 11) is 0. The zero-order valence-corrected chi connectivity index (χ0v) is 12.8. The first-order valence-electron chi connectivity index (χ1n) is 7.48. The molecular formula is C18H22N2O2. The minimum atomic E-state index is -0.461. The fourth-order valence-electron chi connectivity index (χ4n) is 2.02. The average Bonchev–Trinajstić information content (AvgIpc) is 2.58. The van der Waals surface area contributed by atoms with Gasteiger partial charge in [-0.1, -0.05) is 55.5 Å². The second-order valence-electron chi connectivity index (χ2n) is 5.11. The molecule has 2 aromatic rings. The van der Waals surface area contributed by atoms with Gasteiger partial charge in [0.1, 0.15) is 12.4 Å². The van der Waals surface area contributed by atoms with Crippen molar-refractivity contribution >= 4 is 5.91 Å². The number of ether oxygens (including phenoxy) is 1. The minimum absolute atomic E-state index is 0.139. The van der Waals surface area contributed by atoms with Gasteiger partial charge in [0.15, 0.2) is 0 Å². The Hall–Kier alpha value is -2.33. The van der Waals surface area contributed by atoms with Crippen molar-refractivity contribution in [2.45, 2.75) is 32.5 Å². The van der Waals surface area contributed by atoms with Crippen LogP contribution in [0.3, 0.4) is 0 Å². The molecule has 1 atom stereocenters. The first kappa shape index (κ1) is 16.0. The summed E-state index contributed by atoms with van der Waals surface area (Å²) in [6.07, 6.45) is 0.623. The normalized spacial score (nSPS) is 11.7. The summed E-state index contributed by atoms with van der Waals surface area (Å²) in [5.74, 6) is 0.636. The zero-order valence-electron chi connectivity index (χ0n) is 12.8. The molecule has 0 aliphatic heterocycles. The van der Waals surface area contributed by atoms with Gasteiger partial charge in [-0.3, -0.25) is 4.79 Å². The molecule has 1 amide bonds. The number of hydrogen-bond donors (Lipinski definition) is 2. The number of carbonyl (C=O) groups is 1. The van der Waals surface area contributed by atoms with Crippen LogP contribution in [0.1, 0.15) is 24.5 Å². The Morgan fingerprint density at radius 1 is 1.14 bits per heavy atom. The number of nitrogens with two attached hydrogens (primary N) is 1. The quantitative estimate of drug-likeness (QED) is 0.826. The molecule has 0 bridgehead atoms. The molecule has 0 heterocycles. The molecule has 4 nitrogen and oxygen atoms in total. The Morgan fingerprint density at radius 3 is 2.55 bits per heavy atom. The maximum atomic E-state index is 11.8. The number of amides is 1. The highest BCUT2D eigenvalue weighted by atomic mass is 16.5. The Labute approximate surface area is 131 Å². The molecular weight excluding hydrogens is 276 g/mol. The second kappa shape index (κ2) is 8.20. The molecule has 0 fully saturated rings. The second-order valence-corrected chi connectivity index (χ2v) is 5.11. The van der Waals surface area contributed by atoms with E-state index in [1.165, 1.54) is 0 Å². The van der Waals surface area contributed by atoms with Crippen LogP contribution in [0.4, 0.5) is 0 Å². The molecule has 4 heteroatoms. The Bertz CT molecular complexity index is 599. The van der Waals surface area contributed by atoms with Gasteiger partial charge < -0.3 is 15.8 Å². The molecule has 0 radical (unpaired) electrons. The summed E-state index contributed by atoms with van der Waals surface area (Å²) in [4.78, 5) is 11.8. The molecule has 0 aromatic heterocycles. The van der Waals surface area contributed by atoms with Crippen LogP contribution in [0.15, 0.2) is 54.6 Å². The molecule has 116 valence electrons. The summed E-state index contributed by atoms with van der Waals surface area (Å²) >= 11 is 0. The maximum Gasteiger partial charge on any atom is 0.237 e. The predicted molar refractivity (Wildman–Crippen MR) is 87.3 cm³/mol. The molecule has 0 aliphatic carbocycles. The number of para-hydroxylation sites is 1. The third kappa shape index (κ3) is 4.60. The summed E-state index contributed by atoms with van der Waals surface area (Å²) in [6, 6.07) is 17.2. The molecule has 2 aromatic carbocycles. The van der Waals surface area contributed by atoms with Crippen LogP contribution in [0.5, 0.6) is 5.75 Å². The molecule has 0 spiro atoms. The van der Waals surface area contributed by atoms with Crippen LogP contribution in [-0.4, -0.2) is 11.9 Å². The Balaban J connectivity index is 1.96. The monoisotopic (exact) mass is 298 g/mol. The van der Waals surface area contributed by atoms with E-state index in [0.717, 1.165) is 16.9 Å². The van der Waals surface area contributed by atoms with E-state index in [9.17, 15) is 4.79 Å². The maximum absolute atomic E-state index is 11.8. The van der Waals surface area contributed by atoms with E-state index in [2.05, 4.69) is 5.32 Å². The van der Waals surface area contributed by atoms with E-state index in [4.69, 9.17) is 10.5 Å². The van der Waals surface area contributed by atoms with Crippen molar-refractivity contribution in [3.8, 4) is 5.75 Å². The third-order valence-electron chi connectivity index (χ3n) is 3.44. The van der Waals surface area contributed by atoms with Crippen LogP contribution >= 0.6 is 0 Å². The Morgan fingerprint density at radius 2 is 1.82 bits per heavy atom. The SMILES string of the molecule is CC[C@H](N)C(=O)NCc1ccccc1OCc1ccccc1. The van der Waals surface area contributed by atoms with Crippen LogP contribution in [-0.2, 0) is 17.9 Å². The van der Waals surface area contributed by atoms with Gasteiger partial charge in [-0.25, -0.2) is 0 Å². The van der Waals surface area contributed by atoms with Crippen molar-refractivity contribution in [2.24, 2.45) is 5.73 Å². The zero-order chi connectivity index (χ0) is 15.8. The van der Waals surface area contributed by atoms with E-state index in [0.29, 0.717) is 19.6 Å². The van der Waals surface area contributed by atoms with Gasteiger partial charge in [-0.15, -0.1) is 0 Å². The van der Waals surface area contributed by atoms with E-state index >= 15 is 0 Å². The van der Waals surface area contributed by atoms with Crippen molar-refractivity contribution in [1.82, 2.24) is 5.32 Å². The number of rotatable bonds is 7. The molecule has 3 N–H and O–H groups in total. The van der Waals surface area contributed by atoms with Gasteiger partial charge in [-0.05, 0) is 18.1 Å². The van der Waals surface area contributed by atoms with Gasteiger partial charge in [-0.2, -0.15) is 0 Å². The minimum Gasteiger partial charge on any atom is -0.489 e. The highest BCUT2D eigenvalue weighted by Gasteiger charge is 2.11. The summed E-state index contributed by atoms with van der Waals surface area (Å²) < 4.78 is 5.86. The molecule has 0 unspecified atom stereocenters. The highest BCUT2D eigenvalue weighted by molar-refractivity contribution is 5.81. The van der Waals surface area contributed by atoms with Crippen molar-refractivity contribution in [3.63, 3.8) is 0 Å². The van der Waals surface area contributed by atoms with E-state index in [-0.39, 0.29) is 5.91 Å². The van der Waals surface area contributed by atoms with E-state index in [1.54, 1.807) is 0 Å². The molecule has 0 aliphatic rings. The standard InChI is InChI=1S/C18H22N2O2/c1-2-16(19)18(21)20-12-15-10-6-7-11-17(15)22-13-14-8-4-3-5-9-14/h3-11,16H,2,12-13,19H2,1H3,(H,20,21)/t16-/m0/s1. The summed E-state index contributed by atoms with van der Waals surface area (Å²) in [5, 5.41) is 2.84. The van der Waals surface area contributed by atoms with Gasteiger partial charge in [0.2, 0.25) is 5.91 Å². The first-order chi connectivity index (χ1) is 10.7. The molecule has 0 saturated carbocycles. The van der Waals surface area contributed by atoms with Crippen LogP contribution < -0.4 is 15.8 Å². The van der Waals surface area contributed by atoms with Gasteiger partial charge in [0.05, 0.1) is 6.04 Å².